The van der Waals surface area contributed by atoms with Crippen LogP contribution < -0.4 is 4.74 Å². The lowest BCUT2D eigenvalue weighted by molar-refractivity contribution is -0.142. The maximum atomic E-state index is 12.3. The van der Waals surface area contributed by atoms with Gasteiger partial charge in [0.2, 0.25) is 0 Å². The van der Waals surface area contributed by atoms with Gasteiger partial charge in [-0.25, -0.2) is 0 Å². The lowest BCUT2D eigenvalue weighted by atomic mass is 9.89. The van der Waals surface area contributed by atoms with Crippen molar-refractivity contribution in [3.05, 3.63) is 29.8 Å². The second-order valence-electron chi connectivity index (χ2n) is 5.87. The van der Waals surface area contributed by atoms with Gasteiger partial charge in [-0.2, -0.15) is 0 Å². The average Bonchev–Trinajstić information content (AvgIpc) is 3.09. The van der Waals surface area contributed by atoms with Crippen LogP contribution >= 0.6 is 0 Å². The van der Waals surface area contributed by atoms with Gasteiger partial charge in [0.25, 0.3) is 5.91 Å². The van der Waals surface area contributed by atoms with Crippen molar-refractivity contribution in [3.8, 4) is 5.75 Å². The number of methoxy groups -OCH3 is 1. The van der Waals surface area contributed by atoms with Crippen LogP contribution in [0.1, 0.15) is 37.2 Å². The fourth-order valence-corrected chi connectivity index (χ4v) is 3.29. The van der Waals surface area contributed by atoms with Crippen molar-refractivity contribution in [3.63, 3.8) is 0 Å². The predicted molar refractivity (Wildman–Crippen MR) is 80.5 cm³/mol. The topological polar surface area (TPSA) is 38.8 Å². The fourth-order valence-electron chi connectivity index (χ4n) is 3.29. The van der Waals surface area contributed by atoms with Gasteiger partial charge in [0.05, 0.1) is 7.11 Å². The van der Waals surface area contributed by atoms with E-state index < -0.39 is 0 Å². The highest BCUT2D eigenvalue weighted by Crippen LogP contribution is 2.30. The van der Waals surface area contributed by atoms with E-state index in [-0.39, 0.29) is 12.0 Å². The Hall–Kier alpha value is -1.55. The SMILES string of the molecule is COc1ccc(C2CCN(C(=O)C3CCCO3)CC2)cc1. The van der Waals surface area contributed by atoms with Crippen molar-refractivity contribution in [1.82, 2.24) is 4.90 Å². The summed E-state index contributed by atoms with van der Waals surface area (Å²) in [7, 11) is 1.68. The van der Waals surface area contributed by atoms with Crippen LogP contribution in [0.3, 0.4) is 0 Å². The molecule has 21 heavy (non-hydrogen) atoms. The van der Waals surface area contributed by atoms with Crippen LogP contribution in [0.2, 0.25) is 0 Å². The van der Waals surface area contributed by atoms with E-state index in [1.54, 1.807) is 7.11 Å². The van der Waals surface area contributed by atoms with Crippen molar-refractivity contribution in [2.45, 2.75) is 37.7 Å². The quantitative estimate of drug-likeness (QED) is 0.858. The predicted octanol–water partition coefficient (Wildman–Crippen LogP) is 2.58. The number of carbonyl (C=O) groups excluding carboxylic acids is 1. The summed E-state index contributed by atoms with van der Waals surface area (Å²) in [5, 5.41) is 0. The molecule has 2 saturated heterocycles. The molecule has 0 radical (unpaired) electrons. The molecule has 0 saturated carbocycles. The molecule has 1 aromatic rings. The zero-order chi connectivity index (χ0) is 14.7. The van der Waals surface area contributed by atoms with Gasteiger partial charge in [0.1, 0.15) is 11.9 Å². The number of likely N-dealkylation sites (tertiary alicyclic amines) is 1. The summed E-state index contributed by atoms with van der Waals surface area (Å²) in [6.45, 7) is 2.42. The number of piperidine rings is 1. The highest BCUT2D eigenvalue weighted by atomic mass is 16.5. The van der Waals surface area contributed by atoms with E-state index in [4.69, 9.17) is 9.47 Å². The number of carbonyl (C=O) groups is 1. The molecule has 3 rings (SSSR count). The van der Waals surface area contributed by atoms with Crippen LogP contribution in [0.15, 0.2) is 24.3 Å². The third-order valence-corrected chi connectivity index (χ3v) is 4.60. The second-order valence-corrected chi connectivity index (χ2v) is 5.87. The fraction of sp³-hybridized carbons (Fsp3) is 0.588. The van der Waals surface area contributed by atoms with Crippen molar-refractivity contribution in [2.24, 2.45) is 0 Å². The van der Waals surface area contributed by atoms with Gasteiger partial charge >= 0.3 is 0 Å². The molecule has 0 aliphatic carbocycles. The van der Waals surface area contributed by atoms with Gasteiger partial charge in [-0.05, 0) is 49.3 Å². The monoisotopic (exact) mass is 289 g/mol. The molecule has 2 heterocycles. The molecular weight excluding hydrogens is 266 g/mol. The van der Waals surface area contributed by atoms with Crippen molar-refractivity contribution >= 4 is 5.91 Å². The van der Waals surface area contributed by atoms with Gasteiger partial charge in [-0.3, -0.25) is 4.79 Å². The lowest BCUT2D eigenvalue weighted by Crippen LogP contribution is -2.43. The number of hydrogen-bond acceptors (Lipinski definition) is 3. The summed E-state index contributed by atoms with van der Waals surface area (Å²) in [5.41, 5.74) is 1.35. The number of ether oxygens (including phenoxy) is 2. The van der Waals surface area contributed by atoms with E-state index in [1.165, 1.54) is 5.56 Å². The van der Waals surface area contributed by atoms with Crippen molar-refractivity contribution in [2.75, 3.05) is 26.8 Å². The number of nitrogens with zero attached hydrogens (tertiary/aromatic N) is 1. The lowest BCUT2D eigenvalue weighted by Gasteiger charge is -2.33. The molecule has 1 unspecified atom stereocenters. The third kappa shape index (κ3) is 3.21. The second kappa shape index (κ2) is 6.48. The Labute approximate surface area is 126 Å². The molecule has 114 valence electrons. The number of rotatable bonds is 3. The normalized spacial score (nSPS) is 23.3. The molecule has 1 atom stereocenters. The molecule has 0 spiro atoms. The summed E-state index contributed by atoms with van der Waals surface area (Å²) in [6, 6.07) is 8.31. The van der Waals surface area contributed by atoms with Crippen LogP contribution in [0, 0.1) is 0 Å². The van der Waals surface area contributed by atoms with Crippen molar-refractivity contribution < 1.29 is 14.3 Å². The van der Waals surface area contributed by atoms with Crippen molar-refractivity contribution in [1.29, 1.82) is 0 Å². The van der Waals surface area contributed by atoms with Crippen LogP contribution in [0.5, 0.6) is 5.75 Å². The van der Waals surface area contributed by atoms with E-state index in [0.29, 0.717) is 5.92 Å². The van der Waals surface area contributed by atoms with Crippen LogP contribution in [-0.4, -0.2) is 43.7 Å². The highest BCUT2D eigenvalue weighted by Gasteiger charge is 2.31. The molecule has 1 aromatic carbocycles. The van der Waals surface area contributed by atoms with Crippen LogP contribution in [0.25, 0.3) is 0 Å². The van der Waals surface area contributed by atoms with E-state index in [1.807, 2.05) is 17.0 Å². The summed E-state index contributed by atoms with van der Waals surface area (Å²) in [6.07, 6.45) is 3.79. The van der Waals surface area contributed by atoms with E-state index >= 15 is 0 Å². The third-order valence-electron chi connectivity index (χ3n) is 4.60. The molecular formula is C17H23NO3. The minimum atomic E-state index is -0.178. The number of amides is 1. The Kier molecular flexibility index (Phi) is 4.44. The Morgan fingerprint density at radius 2 is 1.90 bits per heavy atom. The molecule has 1 amide bonds. The first kappa shape index (κ1) is 14.4. The molecule has 4 nitrogen and oxygen atoms in total. The highest BCUT2D eigenvalue weighted by molar-refractivity contribution is 5.81. The van der Waals surface area contributed by atoms with E-state index in [2.05, 4.69) is 12.1 Å². The van der Waals surface area contributed by atoms with E-state index in [0.717, 1.165) is 51.1 Å². The molecule has 0 aromatic heterocycles. The van der Waals surface area contributed by atoms with Gasteiger partial charge in [0, 0.05) is 19.7 Å². The first-order valence-electron chi connectivity index (χ1n) is 7.82. The molecule has 2 aliphatic rings. The zero-order valence-corrected chi connectivity index (χ0v) is 12.6. The standard InChI is InChI=1S/C17H23NO3/c1-20-15-6-4-13(5-7-15)14-8-10-18(11-9-14)17(19)16-3-2-12-21-16/h4-7,14,16H,2-3,8-12H2,1H3. The molecule has 0 N–H and O–H groups in total. The Morgan fingerprint density at radius 3 is 2.48 bits per heavy atom. The molecule has 4 heteroatoms. The maximum absolute atomic E-state index is 12.3. The minimum absolute atomic E-state index is 0.178. The van der Waals surface area contributed by atoms with Crippen LogP contribution in [-0.2, 0) is 9.53 Å². The van der Waals surface area contributed by atoms with E-state index in [9.17, 15) is 4.79 Å². The van der Waals surface area contributed by atoms with Gasteiger partial charge in [0.15, 0.2) is 0 Å². The Balaban J connectivity index is 1.55. The summed E-state index contributed by atoms with van der Waals surface area (Å²) >= 11 is 0. The molecule has 0 bridgehead atoms. The maximum Gasteiger partial charge on any atom is 0.251 e. The summed E-state index contributed by atoms with van der Waals surface area (Å²) < 4.78 is 10.7. The molecule has 2 fully saturated rings. The summed E-state index contributed by atoms with van der Waals surface area (Å²) in [5.74, 6) is 1.63. The Morgan fingerprint density at radius 1 is 1.19 bits per heavy atom. The smallest absolute Gasteiger partial charge is 0.251 e. The first-order chi connectivity index (χ1) is 10.3. The Bertz CT molecular complexity index is 471. The molecule has 2 aliphatic heterocycles. The van der Waals surface area contributed by atoms with Crippen LogP contribution in [0.4, 0.5) is 0 Å². The van der Waals surface area contributed by atoms with Gasteiger partial charge in [-0.1, -0.05) is 12.1 Å². The largest absolute Gasteiger partial charge is 0.497 e. The van der Waals surface area contributed by atoms with Gasteiger partial charge in [-0.15, -0.1) is 0 Å². The minimum Gasteiger partial charge on any atom is -0.497 e. The average molecular weight is 289 g/mol. The number of hydrogen-bond donors (Lipinski definition) is 0. The number of benzene rings is 1. The van der Waals surface area contributed by atoms with Gasteiger partial charge < -0.3 is 14.4 Å². The summed E-state index contributed by atoms with van der Waals surface area (Å²) in [4.78, 5) is 14.3. The zero-order valence-electron chi connectivity index (χ0n) is 12.6. The first-order valence-corrected chi connectivity index (χ1v) is 7.82.